The van der Waals surface area contributed by atoms with Crippen LogP contribution >= 0.6 is 0 Å². The van der Waals surface area contributed by atoms with Gasteiger partial charge in [-0.3, -0.25) is 14.6 Å². The molecule has 246 valence electrons. The number of hydrogen-bond donors (Lipinski definition) is 0. The van der Waals surface area contributed by atoms with Crippen molar-refractivity contribution in [3.8, 4) is 11.5 Å². The van der Waals surface area contributed by atoms with E-state index in [9.17, 15) is 24.6 Å². The van der Waals surface area contributed by atoms with E-state index in [2.05, 4.69) is 56.9 Å². The van der Waals surface area contributed by atoms with E-state index < -0.39 is 11.9 Å². The normalized spacial score (nSPS) is 13.8. The van der Waals surface area contributed by atoms with E-state index in [1.165, 1.54) is 5.56 Å². The number of imidazole rings is 1. The maximum absolute atomic E-state index is 13.2. The largest absolute Gasteiger partial charge is 0.545 e. The predicted molar refractivity (Wildman–Crippen MR) is 175 cm³/mol. The molecule has 3 aromatic carbocycles. The molecule has 5 rings (SSSR count). The molecule has 0 aliphatic carbocycles. The fraction of sp³-hybridized carbons (Fsp3) is 0.278. The lowest BCUT2D eigenvalue weighted by atomic mass is 10.1. The minimum absolute atomic E-state index is 0.0374. The summed E-state index contributed by atoms with van der Waals surface area (Å²) < 4.78 is 12.9. The number of rotatable bonds is 13. The van der Waals surface area contributed by atoms with Gasteiger partial charge in [0.1, 0.15) is 17.3 Å². The molecule has 0 radical (unpaired) electrons. The lowest BCUT2D eigenvalue weighted by Gasteiger charge is -2.34. The smallest absolute Gasteiger partial charge is 0.168 e. The topological polar surface area (TPSA) is 140 Å². The molecule has 2 heterocycles. The van der Waals surface area contributed by atoms with Gasteiger partial charge >= 0.3 is 0 Å². The van der Waals surface area contributed by atoms with Gasteiger partial charge in [0.2, 0.25) is 0 Å². The number of benzene rings is 3. The van der Waals surface area contributed by atoms with Crippen molar-refractivity contribution in [1.82, 2.24) is 19.4 Å². The van der Waals surface area contributed by atoms with Gasteiger partial charge in [0.25, 0.3) is 0 Å². The van der Waals surface area contributed by atoms with Gasteiger partial charge in [-0.1, -0.05) is 54.6 Å². The van der Waals surface area contributed by atoms with Gasteiger partial charge < -0.3 is 33.8 Å². The van der Waals surface area contributed by atoms with Crippen molar-refractivity contribution >= 4 is 34.8 Å². The van der Waals surface area contributed by atoms with Crippen molar-refractivity contribution in [2.24, 2.45) is 0 Å². The average Bonchev–Trinajstić information content (AvgIpc) is 3.44. The number of nitrogens with zero attached hydrogens (tertiary/aromatic N) is 4. The van der Waals surface area contributed by atoms with Crippen LogP contribution in [0.1, 0.15) is 28.2 Å². The highest BCUT2D eigenvalue weighted by molar-refractivity contribution is 5.99. The summed E-state index contributed by atoms with van der Waals surface area (Å²) in [6, 6.07) is 23.9. The number of para-hydroxylation sites is 2. The molecule has 4 aromatic rings. The third kappa shape index (κ3) is 10.4. The quantitative estimate of drug-likeness (QED) is 0.158. The van der Waals surface area contributed by atoms with Crippen LogP contribution in [0.5, 0.6) is 11.5 Å². The monoisotopic (exact) mass is 638 g/mol. The Morgan fingerprint density at radius 1 is 0.830 bits per heavy atom. The molecule has 0 bridgehead atoms. The SMILES string of the molecule is COc1ccc(C(=O)CCn2c(CN3CCN(CC=Cc4ccccc4)CC3)nc3ccccc32)c(OC)c1.O=C([O-])C=CC(=O)[O-]. The number of carbonyl (C=O) groups excluding carboxylic acids is 3. The number of methoxy groups -OCH3 is 2. The number of carboxylic acid groups (broad SMARTS) is 2. The van der Waals surface area contributed by atoms with E-state index in [-0.39, 0.29) is 5.78 Å². The number of fused-ring (bicyclic) bond motifs is 1. The molecule has 0 amide bonds. The van der Waals surface area contributed by atoms with Crippen molar-refractivity contribution in [2.75, 3.05) is 46.9 Å². The van der Waals surface area contributed by atoms with E-state index >= 15 is 0 Å². The maximum Gasteiger partial charge on any atom is 0.168 e. The van der Waals surface area contributed by atoms with E-state index in [1.807, 2.05) is 24.3 Å². The summed E-state index contributed by atoms with van der Waals surface area (Å²) >= 11 is 0. The zero-order valence-electron chi connectivity index (χ0n) is 26.5. The lowest BCUT2D eigenvalue weighted by Crippen LogP contribution is -2.46. The van der Waals surface area contributed by atoms with Gasteiger partial charge in [-0.2, -0.15) is 0 Å². The molecule has 0 spiro atoms. The molecule has 0 atom stereocenters. The van der Waals surface area contributed by atoms with E-state index in [0.29, 0.717) is 42.2 Å². The number of aliphatic carboxylic acids is 2. The number of carboxylic acids is 2. The Bertz CT molecular complexity index is 1690. The lowest BCUT2D eigenvalue weighted by molar-refractivity contribution is -0.301. The van der Waals surface area contributed by atoms with Gasteiger partial charge in [-0.05, 0) is 42.0 Å². The molecule has 1 aliphatic rings. The summed E-state index contributed by atoms with van der Waals surface area (Å²) in [5.74, 6) is -0.855. The summed E-state index contributed by atoms with van der Waals surface area (Å²) in [7, 11) is 3.18. The highest BCUT2D eigenvalue weighted by atomic mass is 16.5. The third-order valence-corrected chi connectivity index (χ3v) is 7.66. The minimum Gasteiger partial charge on any atom is -0.545 e. The standard InChI is InChI=1S/C32H36N4O3.C4H4O4/c1-38-26-14-15-27(31(23-26)39-2)30(37)16-18-36-29-13-7-6-12-28(29)33-32(36)24-35-21-19-34(20-22-35)17-8-11-25-9-4-3-5-10-25;5-3(6)1-2-4(7)8/h3-15,23H,16-22,24H2,1-2H3;1-2H,(H,5,6)(H,7,8)/p-2. The first-order valence-corrected chi connectivity index (χ1v) is 15.2. The molecule has 11 heteroatoms. The predicted octanol–water partition coefficient (Wildman–Crippen LogP) is 2.20. The molecule has 0 unspecified atom stereocenters. The average molecular weight is 639 g/mol. The first kappa shape index (κ1) is 34.6. The van der Waals surface area contributed by atoms with Crippen LogP contribution in [0.15, 0.2) is 91.0 Å². The Labute approximate surface area is 274 Å². The number of ketones is 1. The zero-order chi connectivity index (χ0) is 33.6. The number of Topliss-reactive ketones (excluding diaryl/α,β-unsaturated/α-hetero) is 1. The Kier molecular flexibility index (Phi) is 12.8. The minimum atomic E-state index is -1.55. The van der Waals surface area contributed by atoms with Crippen molar-refractivity contribution in [3.05, 3.63) is 108 Å². The van der Waals surface area contributed by atoms with Crippen LogP contribution in [0, 0.1) is 0 Å². The molecule has 1 aromatic heterocycles. The molecule has 0 saturated carbocycles. The number of carbonyl (C=O) groups is 3. The maximum atomic E-state index is 13.2. The molecular weight excluding hydrogens is 600 g/mol. The highest BCUT2D eigenvalue weighted by Crippen LogP contribution is 2.26. The van der Waals surface area contributed by atoms with Crippen LogP contribution in [0.25, 0.3) is 17.1 Å². The number of aromatic nitrogens is 2. The number of piperazine rings is 1. The van der Waals surface area contributed by atoms with Crippen LogP contribution in [0.3, 0.4) is 0 Å². The Morgan fingerprint density at radius 2 is 1.49 bits per heavy atom. The summed E-state index contributed by atoms with van der Waals surface area (Å²) in [5, 5.41) is 18.8. The number of aryl methyl sites for hydroxylation is 1. The summed E-state index contributed by atoms with van der Waals surface area (Å²) in [6.45, 7) is 6.31. The Hall–Kier alpha value is -5.26. The molecule has 1 fully saturated rings. The molecule has 11 nitrogen and oxygen atoms in total. The first-order chi connectivity index (χ1) is 22.8. The highest BCUT2D eigenvalue weighted by Gasteiger charge is 2.20. The van der Waals surface area contributed by atoms with E-state index in [4.69, 9.17) is 14.5 Å². The van der Waals surface area contributed by atoms with E-state index in [0.717, 1.165) is 56.1 Å². The van der Waals surface area contributed by atoms with Crippen LogP contribution < -0.4 is 19.7 Å². The van der Waals surface area contributed by atoms with Gasteiger partial charge in [0.15, 0.2) is 5.78 Å². The van der Waals surface area contributed by atoms with Crippen LogP contribution in [-0.2, 0) is 22.7 Å². The van der Waals surface area contributed by atoms with Crippen molar-refractivity contribution in [3.63, 3.8) is 0 Å². The zero-order valence-corrected chi connectivity index (χ0v) is 26.5. The van der Waals surface area contributed by atoms with Gasteiger partial charge in [-0.25, -0.2) is 4.98 Å². The van der Waals surface area contributed by atoms with Crippen LogP contribution in [0.2, 0.25) is 0 Å². The second-order valence-corrected chi connectivity index (χ2v) is 10.8. The summed E-state index contributed by atoms with van der Waals surface area (Å²) in [6.07, 6.45) is 5.57. The molecule has 47 heavy (non-hydrogen) atoms. The van der Waals surface area contributed by atoms with Gasteiger partial charge in [0.05, 0.1) is 49.3 Å². The Balaban J connectivity index is 0.000000555. The fourth-order valence-corrected chi connectivity index (χ4v) is 5.24. The first-order valence-electron chi connectivity index (χ1n) is 15.2. The van der Waals surface area contributed by atoms with Crippen LogP contribution in [-0.4, -0.2) is 84.0 Å². The summed E-state index contributed by atoms with van der Waals surface area (Å²) in [4.78, 5) is 41.9. The molecule has 0 N–H and O–H groups in total. The number of hydrogen-bond acceptors (Lipinski definition) is 10. The van der Waals surface area contributed by atoms with Crippen molar-refractivity contribution in [2.45, 2.75) is 19.5 Å². The molecule has 1 saturated heterocycles. The van der Waals surface area contributed by atoms with Crippen molar-refractivity contribution in [1.29, 1.82) is 0 Å². The molecular formula is C36H38N4O7-2. The molecule has 1 aliphatic heterocycles. The second kappa shape index (κ2) is 17.4. The van der Waals surface area contributed by atoms with Gasteiger partial charge in [0, 0.05) is 51.8 Å². The van der Waals surface area contributed by atoms with Crippen molar-refractivity contribution < 1.29 is 34.1 Å². The Morgan fingerprint density at radius 3 is 2.15 bits per heavy atom. The third-order valence-electron chi connectivity index (χ3n) is 7.66. The van der Waals surface area contributed by atoms with E-state index in [1.54, 1.807) is 32.4 Å². The summed E-state index contributed by atoms with van der Waals surface area (Å²) in [5.41, 5.74) is 3.83. The van der Waals surface area contributed by atoms with Gasteiger partial charge in [-0.15, -0.1) is 0 Å². The second-order valence-electron chi connectivity index (χ2n) is 10.8. The van der Waals surface area contributed by atoms with Crippen LogP contribution in [0.4, 0.5) is 0 Å². The fourth-order valence-electron chi connectivity index (χ4n) is 5.24. The number of ether oxygens (including phenoxy) is 2.